The second-order valence-corrected chi connectivity index (χ2v) is 6.94. The number of aromatic hydroxyl groups is 1. The maximum atomic E-state index is 13.1. The van der Waals surface area contributed by atoms with Crippen molar-refractivity contribution in [1.29, 1.82) is 0 Å². The third-order valence-electron chi connectivity index (χ3n) is 5.75. The molecular formula is C20H18O3. The molecule has 3 nitrogen and oxygen atoms in total. The molecule has 5 rings (SSSR count). The molecule has 0 bridgehead atoms. The number of allylic oxidation sites excluding steroid dienone is 1. The fraction of sp³-hybridized carbons (Fsp3) is 0.350. The summed E-state index contributed by atoms with van der Waals surface area (Å²) in [7, 11) is 0. The Morgan fingerprint density at radius 2 is 2.00 bits per heavy atom. The predicted molar refractivity (Wildman–Crippen MR) is 86.9 cm³/mol. The van der Waals surface area contributed by atoms with E-state index in [-0.39, 0.29) is 16.9 Å². The fourth-order valence-corrected chi connectivity index (χ4v) is 4.72. The van der Waals surface area contributed by atoms with Gasteiger partial charge in [-0.05, 0) is 55.5 Å². The Bertz CT molecular complexity index is 863. The lowest BCUT2D eigenvalue weighted by Crippen LogP contribution is -2.32. The van der Waals surface area contributed by atoms with Crippen LogP contribution in [-0.4, -0.2) is 10.9 Å². The first-order valence-corrected chi connectivity index (χ1v) is 8.41. The van der Waals surface area contributed by atoms with Gasteiger partial charge >= 0.3 is 0 Å². The first-order valence-electron chi connectivity index (χ1n) is 8.41. The molecule has 2 aromatic rings. The number of carbonyl (C=O) groups is 1. The zero-order valence-electron chi connectivity index (χ0n) is 12.9. The Morgan fingerprint density at radius 3 is 2.83 bits per heavy atom. The summed E-state index contributed by atoms with van der Waals surface area (Å²) in [4.78, 5) is 13.1. The van der Waals surface area contributed by atoms with E-state index in [2.05, 4.69) is 6.08 Å². The number of phenols is 1. The number of ketones is 1. The average molecular weight is 306 g/mol. The largest absolute Gasteiger partial charge is 0.508 e. The van der Waals surface area contributed by atoms with Gasteiger partial charge in [0.1, 0.15) is 17.3 Å². The van der Waals surface area contributed by atoms with Gasteiger partial charge < -0.3 is 9.52 Å². The molecule has 1 spiro atoms. The third kappa shape index (κ3) is 1.57. The quantitative estimate of drug-likeness (QED) is 0.787. The van der Waals surface area contributed by atoms with Crippen LogP contribution in [0.4, 0.5) is 0 Å². The highest BCUT2D eigenvalue weighted by Gasteiger charge is 2.49. The molecule has 1 aromatic heterocycles. The van der Waals surface area contributed by atoms with Gasteiger partial charge in [0.15, 0.2) is 5.78 Å². The molecule has 3 aliphatic rings. The van der Waals surface area contributed by atoms with E-state index in [9.17, 15) is 9.90 Å². The SMILES string of the molecule is O=C1c2ccc(O)cc2C2(CCCC2)c2oc3c(c21)CCC=C3. The van der Waals surface area contributed by atoms with Gasteiger partial charge in [-0.1, -0.05) is 18.9 Å². The molecular weight excluding hydrogens is 288 g/mol. The van der Waals surface area contributed by atoms with Crippen LogP contribution in [0.25, 0.3) is 6.08 Å². The molecule has 0 aliphatic heterocycles. The number of furan rings is 1. The van der Waals surface area contributed by atoms with Crippen LogP contribution in [0.15, 0.2) is 28.7 Å². The van der Waals surface area contributed by atoms with E-state index >= 15 is 0 Å². The number of carbonyl (C=O) groups excluding carboxylic acids is 1. The van der Waals surface area contributed by atoms with Gasteiger partial charge in [-0.2, -0.15) is 0 Å². The molecule has 1 saturated carbocycles. The highest BCUT2D eigenvalue weighted by atomic mass is 16.3. The minimum absolute atomic E-state index is 0.0628. The van der Waals surface area contributed by atoms with E-state index in [0.29, 0.717) is 0 Å². The van der Waals surface area contributed by atoms with Crippen molar-refractivity contribution >= 4 is 11.9 Å². The van der Waals surface area contributed by atoms with E-state index in [1.54, 1.807) is 18.2 Å². The van der Waals surface area contributed by atoms with Crippen LogP contribution >= 0.6 is 0 Å². The number of hydrogen-bond donors (Lipinski definition) is 1. The summed E-state index contributed by atoms with van der Waals surface area (Å²) in [6, 6.07) is 5.18. The summed E-state index contributed by atoms with van der Waals surface area (Å²) in [6.07, 6.45) is 10.2. The number of rotatable bonds is 0. The van der Waals surface area contributed by atoms with E-state index in [4.69, 9.17) is 4.42 Å². The van der Waals surface area contributed by atoms with Crippen LogP contribution in [0.3, 0.4) is 0 Å². The van der Waals surface area contributed by atoms with Gasteiger partial charge in [0.2, 0.25) is 0 Å². The fourth-order valence-electron chi connectivity index (χ4n) is 4.72. The van der Waals surface area contributed by atoms with Crippen molar-refractivity contribution in [3.8, 4) is 5.75 Å². The molecule has 3 heteroatoms. The Balaban J connectivity index is 1.86. The normalized spacial score (nSPS) is 20.4. The second kappa shape index (κ2) is 4.38. The van der Waals surface area contributed by atoms with Crippen molar-refractivity contribution in [3.05, 3.63) is 58.0 Å². The average Bonchev–Trinajstić information content (AvgIpc) is 3.19. The summed E-state index contributed by atoms with van der Waals surface area (Å²) in [5.74, 6) is 2.00. The first kappa shape index (κ1) is 13.2. The molecule has 0 radical (unpaired) electrons. The van der Waals surface area contributed by atoms with Crippen molar-refractivity contribution < 1.29 is 14.3 Å². The Kier molecular flexibility index (Phi) is 2.51. The second-order valence-electron chi connectivity index (χ2n) is 6.94. The van der Waals surface area contributed by atoms with Gasteiger partial charge in [-0.15, -0.1) is 0 Å². The van der Waals surface area contributed by atoms with Gasteiger partial charge in [-0.3, -0.25) is 4.79 Å². The number of hydrogen-bond acceptors (Lipinski definition) is 3. The zero-order valence-corrected chi connectivity index (χ0v) is 12.9. The van der Waals surface area contributed by atoms with Gasteiger partial charge in [0.05, 0.1) is 11.0 Å². The number of fused-ring (bicyclic) bond motifs is 6. The van der Waals surface area contributed by atoms with Crippen molar-refractivity contribution in [2.24, 2.45) is 0 Å². The van der Waals surface area contributed by atoms with Crippen molar-refractivity contribution in [3.63, 3.8) is 0 Å². The standard InChI is InChI=1S/C20H18O3/c21-12-7-8-13-15(11-12)20(9-3-4-10-20)19-17(18(13)22)14-5-1-2-6-16(14)23-19/h2,6-8,11,21H,1,3-5,9-10H2. The van der Waals surface area contributed by atoms with Gasteiger partial charge in [0.25, 0.3) is 0 Å². The number of phenolic OH excluding ortho intramolecular Hbond substituents is 1. The molecule has 116 valence electrons. The third-order valence-corrected chi connectivity index (χ3v) is 5.75. The predicted octanol–water partition coefficient (Wildman–Crippen LogP) is 4.35. The molecule has 0 atom stereocenters. The maximum Gasteiger partial charge on any atom is 0.197 e. The van der Waals surface area contributed by atoms with Gasteiger partial charge in [-0.25, -0.2) is 0 Å². The van der Waals surface area contributed by atoms with Crippen LogP contribution in [0.5, 0.6) is 5.75 Å². The zero-order chi connectivity index (χ0) is 15.6. The van der Waals surface area contributed by atoms with E-state index in [1.807, 2.05) is 6.08 Å². The van der Waals surface area contributed by atoms with E-state index < -0.39 is 0 Å². The van der Waals surface area contributed by atoms with Crippen LogP contribution in [-0.2, 0) is 11.8 Å². The molecule has 0 amide bonds. The molecule has 1 N–H and O–H groups in total. The first-order chi connectivity index (χ1) is 11.2. The lowest BCUT2D eigenvalue weighted by molar-refractivity contribution is 0.102. The molecule has 1 fully saturated rings. The van der Waals surface area contributed by atoms with Crippen LogP contribution in [0.1, 0.15) is 70.7 Å². The summed E-state index contributed by atoms with van der Waals surface area (Å²) in [5.41, 5.74) is 3.36. The molecule has 23 heavy (non-hydrogen) atoms. The van der Waals surface area contributed by atoms with Crippen molar-refractivity contribution in [2.75, 3.05) is 0 Å². The Hall–Kier alpha value is -2.29. The van der Waals surface area contributed by atoms with Crippen molar-refractivity contribution in [1.82, 2.24) is 0 Å². The highest BCUT2D eigenvalue weighted by Crippen LogP contribution is 2.54. The van der Waals surface area contributed by atoms with E-state index in [0.717, 1.165) is 72.3 Å². The van der Waals surface area contributed by atoms with E-state index in [1.165, 1.54) is 0 Å². The summed E-state index contributed by atoms with van der Waals surface area (Å²) in [6.45, 7) is 0. The topological polar surface area (TPSA) is 50.4 Å². The molecule has 3 aliphatic carbocycles. The smallest absolute Gasteiger partial charge is 0.197 e. The van der Waals surface area contributed by atoms with Crippen LogP contribution in [0, 0.1) is 0 Å². The Labute approximate surface area is 134 Å². The monoisotopic (exact) mass is 306 g/mol. The molecule has 0 unspecified atom stereocenters. The van der Waals surface area contributed by atoms with Gasteiger partial charge in [0, 0.05) is 11.1 Å². The minimum Gasteiger partial charge on any atom is -0.508 e. The summed E-state index contributed by atoms with van der Waals surface area (Å²) in [5, 5.41) is 9.98. The minimum atomic E-state index is -0.234. The highest BCUT2D eigenvalue weighted by molar-refractivity contribution is 6.14. The summed E-state index contributed by atoms with van der Waals surface area (Å²) >= 11 is 0. The van der Waals surface area contributed by atoms with Crippen molar-refractivity contribution in [2.45, 2.75) is 43.9 Å². The maximum absolute atomic E-state index is 13.1. The lowest BCUT2D eigenvalue weighted by atomic mass is 9.67. The lowest BCUT2D eigenvalue weighted by Gasteiger charge is -2.34. The molecule has 1 heterocycles. The van der Waals surface area contributed by atoms with Crippen LogP contribution in [0.2, 0.25) is 0 Å². The van der Waals surface area contributed by atoms with Crippen LogP contribution < -0.4 is 0 Å². The molecule has 0 saturated heterocycles. The number of benzene rings is 1. The summed E-state index contributed by atoms with van der Waals surface area (Å²) < 4.78 is 6.24. The Morgan fingerprint density at radius 1 is 1.17 bits per heavy atom. The molecule has 1 aromatic carbocycles.